The van der Waals surface area contributed by atoms with Crippen molar-refractivity contribution in [2.24, 2.45) is 5.92 Å². The Morgan fingerprint density at radius 2 is 2.41 bits per heavy atom. The van der Waals surface area contributed by atoms with Crippen LogP contribution in [0.3, 0.4) is 0 Å². The maximum atomic E-state index is 5.71. The molecule has 1 saturated heterocycles. The van der Waals surface area contributed by atoms with Gasteiger partial charge in [-0.25, -0.2) is 0 Å². The lowest BCUT2D eigenvalue weighted by Gasteiger charge is -2.12. The summed E-state index contributed by atoms with van der Waals surface area (Å²) in [5, 5.41) is 3.44. The molecule has 1 aromatic rings. The van der Waals surface area contributed by atoms with Crippen molar-refractivity contribution in [3.63, 3.8) is 0 Å². The zero-order chi connectivity index (χ0) is 12.1. The lowest BCUT2D eigenvalue weighted by molar-refractivity contribution is 0.185. The summed E-state index contributed by atoms with van der Waals surface area (Å²) in [6.07, 6.45) is 1.16. The number of benzene rings is 1. The standard InChI is InChI=1S/C13H20N2O2/c1-16-13-6-12(14)3-2-11(13)8-15-7-10-4-5-17-9-10/h2-3,6,10,15H,4-5,7-9,14H2,1H3. The summed E-state index contributed by atoms with van der Waals surface area (Å²) in [6.45, 7) is 3.58. The predicted molar refractivity (Wildman–Crippen MR) is 68.0 cm³/mol. The fraction of sp³-hybridized carbons (Fsp3) is 0.538. The molecule has 1 aliphatic heterocycles. The van der Waals surface area contributed by atoms with E-state index in [0.717, 1.165) is 49.7 Å². The summed E-state index contributed by atoms with van der Waals surface area (Å²) in [7, 11) is 1.67. The Kier molecular flexibility index (Phi) is 4.23. The van der Waals surface area contributed by atoms with E-state index in [1.807, 2.05) is 18.2 Å². The topological polar surface area (TPSA) is 56.5 Å². The van der Waals surface area contributed by atoms with Gasteiger partial charge in [0.2, 0.25) is 0 Å². The summed E-state index contributed by atoms with van der Waals surface area (Å²) < 4.78 is 10.6. The van der Waals surface area contributed by atoms with Crippen LogP contribution in [0.1, 0.15) is 12.0 Å². The Morgan fingerprint density at radius 1 is 1.53 bits per heavy atom. The Hall–Kier alpha value is -1.26. The number of nitrogens with two attached hydrogens (primary N) is 1. The van der Waals surface area contributed by atoms with Crippen LogP contribution in [0.2, 0.25) is 0 Å². The zero-order valence-corrected chi connectivity index (χ0v) is 10.2. The van der Waals surface area contributed by atoms with Crippen molar-refractivity contribution in [1.29, 1.82) is 0 Å². The van der Waals surface area contributed by atoms with E-state index in [1.54, 1.807) is 7.11 Å². The second-order valence-corrected chi connectivity index (χ2v) is 4.43. The first-order valence-corrected chi connectivity index (χ1v) is 6.00. The quantitative estimate of drug-likeness (QED) is 0.759. The van der Waals surface area contributed by atoms with E-state index in [9.17, 15) is 0 Å². The van der Waals surface area contributed by atoms with Gasteiger partial charge in [0.05, 0.1) is 13.7 Å². The number of nitrogen functional groups attached to an aromatic ring is 1. The minimum Gasteiger partial charge on any atom is -0.496 e. The Bertz CT molecular complexity index is 362. The van der Waals surface area contributed by atoms with Crippen molar-refractivity contribution in [2.45, 2.75) is 13.0 Å². The molecule has 4 heteroatoms. The number of methoxy groups -OCH3 is 1. The van der Waals surface area contributed by atoms with E-state index in [4.69, 9.17) is 15.2 Å². The third-order valence-corrected chi connectivity index (χ3v) is 3.08. The first kappa shape index (κ1) is 12.2. The summed E-state index contributed by atoms with van der Waals surface area (Å²) in [5.41, 5.74) is 7.59. The minimum atomic E-state index is 0.648. The van der Waals surface area contributed by atoms with Crippen molar-refractivity contribution < 1.29 is 9.47 Å². The smallest absolute Gasteiger partial charge is 0.125 e. The van der Waals surface area contributed by atoms with E-state index >= 15 is 0 Å². The van der Waals surface area contributed by atoms with Gasteiger partial charge in [0, 0.05) is 37.0 Å². The van der Waals surface area contributed by atoms with E-state index < -0.39 is 0 Å². The number of hydrogen-bond acceptors (Lipinski definition) is 4. The van der Waals surface area contributed by atoms with Crippen LogP contribution >= 0.6 is 0 Å². The molecule has 2 rings (SSSR count). The molecular weight excluding hydrogens is 216 g/mol. The van der Waals surface area contributed by atoms with Gasteiger partial charge in [-0.2, -0.15) is 0 Å². The highest BCUT2D eigenvalue weighted by atomic mass is 16.5. The molecule has 17 heavy (non-hydrogen) atoms. The molecule has 0 spiro atoms. The highest BCUT2D eigenvalue weighted by Gasteiger charge is 2.14. The maximum Gasteiger partial charge on any atom is 0.125 e. The fourth-order valence-electron chi connectivity index (χ4n) is 2.06. The third-order valence-electron chi connectivity index (χ3n) is 3.08. The molecule has 0 bridgehead atoms. The fourth-order valence-corrected chi connectivity index (χ4v) is 2.06. The molecule has 0 saturated carbocycles. The van der Waals surface area contributed by atoms with Crippen LogP contribution in [0.5, 0.6) is 5.75 Å². The molecule has 1 aliphatic rings. The molecular formula is C13H20N2O2. The Labute approximate surface area is 102 Å². The Morgan fingerprint density at radius 3 is 3.12 bits per heavy atom. The normalized spacial score (nSPS) is 19.5. The predicted octanol–water partition coefficient (Wildman–Crippen LogP) is 1.40. The molecule has 3 N–H and O–H groups in total. The number of ether oxygens (including phenoxy) is 2. The highest BCUT2D eigenvalue weighted by molar-refractivity contribution is 5.48. The van der Waals surface area contributed by atoms with Crippen LogP contribution in [0.4, 0.5) is 5.69 Å². The van der Waals surface area contributed by atoms with Gasteiger partial charge in [0.15, 0.2) is 0 Å². The van der Waals surface area contributed by atoms with E-state index in [0.29, 0.717) is 5.92 Å². The van der Waals surface area contributed by atoms with Gasteiger partial charge < -0.3 is 20.5 Å². The first-order chi connectivity index (χ1) is 8.29. The summed E-state index contributed by atoms with van der Waals surface area (Å²) >= 11 is 0. The average Bonchev–Trinajstić information content (AvgIpc) is 2.84. The molecule has 0 aromatic heterocycles. The Balaban J connectivity index is 1.85. The second kappa shape index (κ2) is 5.89. The van der Waals surface area contributed by atoms with Crippen molar-refractivity contribution in [2.75, 3.05) is 32.6 Å². The molecule has 1 heterocycles. The van der Waals surface area contributed by atoms with Crippen LogP contribution < -0.4 is 15.8 Å². The molecule has 1 fully saturated rings. The monoisotopic (exact) mass is 236 g/mol. The minimum absolute atomic E-state index is 0.648. The largest absolute Gasteiger partial charge is 0.496 e. The van der Waals surface area contributed by atoms with Crippen molar-refractivity contribution >= 4 is 5.69 Å². The zero-order valence-electron chi connectivity index (χ0n) is 10.2. The molecule has 4 nitrogen and oxygen atoms in total. The summed E-state index contributed by atoms with van der Waals surface area (Å²) in [5.74, 6) is 1.50. The van der Waals surface area contributed by atoms with E-state index in [1.165, 1.54) is 0 Å². The lowest BCUT2D eigenvalue weighted by atomic mass is 10.1. The summed E-state index contributed by atoms with van der Waals surface area (Å²) in [4.78, 5) is 0. The third kappa shape index (κ3) is 3.35. The number of rotatable bonds is 5. The van der Waals surface area contributed by atoms with Crippen molar-refractivity contribution in [3.05, 3.63) is 23.8 Å². The molecule has 0 amide bonds. The second-order valence-electron chi connectivity index (χ2n) is 4.43. The van der Waals surface area contributed by atoms with Crippen molar-refractivity contribution in [3.8, 4) is 5.75 Å². The molecule has 0 radical (unpaired) electrons. The van der Waals surface area contributed by atoms with Crippen LogP contribution in [0.15, 0.2) is 18.2 Å². The van der Waals surface area contributed by atoms with E-state index in [-0.39, 0.29) is 0 Å². The van der Waals surface area contributed by atoms with Gasteiger partial charge in [0.25, 0.3) is 0 Å². The molecule has 0 aliphatic carbocycles. The molecule has 1 aromatic carbocycles. The lowest BCUT2D eigenvalue weighted by Crippen LogP contribution is -2.22. The molecule has 1 unspecified atom stereocenters. The number of hydrogen-bond donors (Lipinski definition) is 2. The highest BCUT2D eigenvalue weighted by Crippen LogP contribution is 2.21. The van der Waals surface area contributed by atoms with Crippen LogP contribution in [0.25, 0.3) is 0 Å². The van der Waals surface area contributed by atoms with Gasteiger partial charge in [-0.1, -0.05) is 6.07 Å². The van der Waals surface area contributed by atoms with Crippen molar-refractivity contribution in [1.82, 2.24) is 5.32 Å². The van der Waals surface area contributed by atoms with Gasteiger partial charge in [0.1, 0.15) is 5.75 Å². The molecule has 94 valence electrons. The number of anilines is 1. The van der Waals surface area contributed by atoms with Crippen LogP contribution in [0, 0.1) is 5.92 Å². The van der Waals surface area contributed by atoms with Gasteiger partial charge in [-0.15, -0.1) is 0 Å². The maximum absolute atomic E-state index is 5.71. The van der Waals surface area contributed by atoms with E-state index in [2.05, 4.69) is 5.32 Å². The van der Waals surface area contributed by atoms with Gasteiger partial charge in [-0.05, 0) is 18.4 Å². The van der Waals surface area contributed by atoms with Gasteiger partial charge in [-0.3, -0.25) is 0 Å². The number of nitrogens with one attached hydrogen (secondary N) is 1. The SMILES string of the molecule is COc1cc(N)ccc1CNCC1CCOC1. The van der Waals surface area contributed by atoms with Gasteiger partial charge >= 0.3 is 0 Å². The first-order valence-electron chi connectivity index (χ1n) is 6.00. The molecule has 1 atom stereocenters. The average molecular weight is 236 g/mol. The van der Waals surface area contributed by atoms with Crippen LogP contribution in [-0.4, -0.2) is 26.9 Å². The summed E-state index contributed by atoms with van der Waals surface area (Å²) in [6, 6.07) is 5.76. The van der Waals surface area contributed by atoms with Crippen LogP contribution in [-0.2, 0) is 11.3 Å².